The number of allylic oxidation sites excluding steroid dienone is 5. The Balaban J connectivity index is 3.06. The van der Waals surface area contributed by atoms with Crippen LogP contribution in [0.1, 0.15) is 60.3 Å². The maximum Gasteiger partial charge on any atom is 0.0792 e. The van der Waals surface area contributed by atoms with E-state index in [2.05, 4.69) is 52.0 Å². The molecule has 0 spiro atoms. The molecule has 2 N–H and O–H groups in total. The Morgan fingerprint density at radius 1 is 0.955 bits per heavy atom. The molecule has 0 aromatic rings. The molecule has 2 nitrogen and oxygen atoms in total. The molecule has 124 valence electrons. The average molecular weight is 304 g/mol. The number of rotatable bonds is 1. The number of aliphatic hydroxyl groups is 2. The zero-order chi connectivity index (χ0) is 16.7. The SMILES string of the molecule is C/C1=C\C=C(\C(C)C)[C@@H](O)C/C(C)=C/C/C=C(\C)[C@H](O)CC1. The van der Waals surface area contributed by atoms with Crippen LogP contribution >= 0.6 is 0 Å². The summed E-state index contributed by atoms with van der Waals surface area (Å²) in [6, 6.07) is 0. The van der Waals surface area contributed by atoms with Crippen LogP contribution in [0.5, 0.6) is 0 Å². The van der Waals surface area contributed by atoms with Gasteiger partial charge in [-0.25, -0.2) is 0 Å². The minimum atomic E-state index is -0.418. The van der Waals surface area contributed by atoms with Gasteiger partial charge in [-0.2, -0.15) is 0 Å². The van der Waals surface area contributed by atoms with Crippen LogP contribution in [0.15, 0.2) is 46.6 Å². The van der Waals surface area contributed by atoms with E-state index in [4.69, 9.17) is 0 Å². The average Bonchev–Trinajstić information content (AvgIpc) is 2.43. The standard InChI is InChI=1S/C20H32O2/c1-14(2)18-11-9-15(3)10-12-19(21)17(5)8-6-7-16(4)13-20(18)22/h7-9,11,14,19-22H,6,10,12-13H2,1-5H3/b15-9+,16-7+,17-8+,18-11-/t19-,20+/m1/s1. The Hall–Kier alpha value is -1.12. The molecule has 2 heteroatoms. The smallest absolute Gasteiger partial charge is 0.0792 e. The predicted molar refractivity (Wildman–Crippen MR) is 94.7 cm³/mol. The summed E-state index contributed by atoms with van der Waals surface area (Å²) in [5.41, 5.74) is 4.54. The van der Waals surface area contributed by atoms with Crippen LogP contribution in [-0.4, -0.2) is 22.4 Å². The number of hydrogen-bond donors (Lipinski definition) is 2. The second-order valence-electron chi connectivity index (χ2n) is 6.84. The van der Waals surface area contributed by atoms with Crippen LogP contribution in [0.4, 0.5) is 0 Å². The highest BCUT2D eigenvalue weighted by Crippen LogP contribution is 2.22. The molecule has 0 saturated carbocycles. The van der Waals surface area contributed by atoms with E-state index in [1.54, 1.807) is 0 Å². The van der Waals surface area contributed by atoms with Crippen molar-refractivity contribution in [3.63, 3.8) is 0 Å². The molecule has 0 heterocycles. The molecule has 0 bridgehead atoms. The van der Waals surface area contributed by atoms with Crippen molar-refractivity contribution < 1.29 is 10.2 Å². The summed E-state index contributed by atoms with van der Waals surface area (Å²) in [7, 11) is 0. The first-order valence-electron chi connectivity index (χ1n) is 8.37. The van der Waals surface area contributed by atoms with Crippen LogP contribution in [0.25, 0.3) is 0 Å². The molecule has 0 aromatic heterocycles. The topological polar surface area (TPSA) is 40.5 Å². The predicted octanol–water partition coefficient (Wildman–Crippen LogP) is 4.70. The highest BCUT2D eigenvalue weighted by molar-refractivity contribution is 5.23. The van der Waals surface area contributed by atoms with Gasteiger partial charge in [0.15, 0.2) is 0 Å². The Kier molecular flexibility index (Phi) is 7.84. The molecule has 0 saturated heterocycles. The van der Waals surface area contributed by atoms with Gasteiger partial charge in [0.05, 0.1) is 12.2 Å². The normalized spacial score (nSPS) is 35.3. The molecule has 22 heavy (non-hydrogen) atoms. The molecule has 1 rings (SSSR count). The van der Waals surface area contributed by atoms with Crippen LogP contribution < -0.4 is 0 Å². The molecular weight excluding hydrogens is 272 g/mol. The molecule has 0 amide bonds. The van der Waals surface area contributed by atoms with Crippen molar-refractivity contribution in [1.82, 2.24) is 0 Å². The van der Waals surface area contributed by atoms with E-state index in [0.29, 0.717) is 12.3 Å². The first-order valence-corrected chi connectivity index (χ1v) is 8.37. The van der Waals surface area contributed by atoms with Gasteiger partial charge in [-0.1, -0.05) is 49.3 Å². The van der Waals surface area contributed by atoms with Crippen molar-refractivity contribution in [3.8, 4) is 0 Å². The Morgan fingerprint density at radius 2 is 1.64 bits per heavy atom. The van der Waals surface area contributed by atoms with Crippen molar-refractivity contribution in [2.45, 2.75) is 72.5 Å². The maximum atomic E-state index is 10.5. The summed E-state index contributed by atoms with van der Waals surface area (Å²) < 4.78 is 0. The number of aliphatic hydroxyl groups excluding tert-OH is 2. The lowest BCUT2D eigenvalue weighted by atomic mass is 9.92. The molecule has 0 aliphatic heterocycles. The quantitative estimate of drug-likeness (QED) is 0.689. The van der Waals surface area contributed by atoms with Crippen molar-refractivity contribution in [2.24, 2.45) is 5.92 Å². The van der Waals surface area contributed by atoms with Crippen molar-refractivity contribution in [1.29, 1.82) is 0 Å². The van der Waals surface area contributed by atoms with Gasteiger partial charge in [-0.05, 0) is 63.5 Å². The van der Waals surface area contributed by atoms with Crippen LogP contribution in [0.2, 0.25) is 0 Å². The highest BCUT2D eigenvalue weighted by Gasteiger charge is 2.14. The number of hydrogen-bond acceptors (Lipinski definition) is 2. The third-order valence-corrected chi connectivity index (χ3v) is 4.37. The van der Waals surface area contributed by atoms with Gasteiger partial charge >= 0.3 is 0 Å². The summed E-state index contributed by atoms with van der Waals surface area (Å²) in [6.07, 6.45) is 10.7. The van der Waals surface area contributed by atoms with Gasteiger partial charge in [0.25, 0.3) is 0 Å². The van der Waals surface area contributed by atoms with E-state index >= 15 is 0 Å². The summed E-state index contributed by atoms with van der Waals surface area (Å²) in [6.45, 7) is 10.4. The van der Waals surface area contributed by atoms with E-state index in [1.165, 1.54) is 11.1 Å². The third-order valence-electron chi connectivity index (χ3n) is 4.37. The van der Waals surface area contributed by atoms with Gasteiger partial charge in [0.1, 0.15) is 0 Å². The summed E-state index contributed by atoms with van der Waals surface area (Å²) in [5, 5.41) is 20.7. The first-order chi connectivity index (χ1) is 10.3. The second-order valence-corrected chi connectivity index (χ2v) is 6.84. The van der Waals surface area contributed by atoms with Crippen LogP contribution in [-0.2, 0) is 0 Å². The van der Waals surface area contributed by atoms with E-state index < -0.39 is 6.10 Å². The van der Waals surface area contributed by atoms with E-state index in [9.17, 15) is 10.2 Å². The largest absolute Gasteiger partial charge is 0.389 e. The fraction of sp³-hybridized carbons (Fsp3) is 0.600. The molecule has 0 fully saturated rings. The zero-order valence-corrected chi connectivity index (χ0v) is 14.8. The Bertz CT molecular complexity index is 478. The lowest BCUT2D eigenvalue weighted by Crippen LogP contribution is -2.15. The van der Waals surface area contributed by atoms with Gasteiger partial charge < -0.3 is 10.2 Å². The van der Waals surface area contributed by atoms with Crippen LogP contribution in [0.3, 0.4) is 0 Å². The summed E-state index contributed by atoms with van der Waals surface area (Å²) >= 11 is 0. The lowest BCUT2D eigenvalue weighted by Gasteiger charge is -2.19. The summed E-state index contributed by atoms with van der Waals surface area (Å²) in [4.78, 5) is 0. The minimum absolute atomic E-state index is 0.326. The van der Waals surface area contributed by atoms with Crippen molar-refractivity contribution in [3.05, 3.63) is 46.6 Å². The zero-order valence-electron chi connectivity index (χ0n) is 14.8. The van der Waals surface area contributed by atoms with Crippen molar-refractivity contribution in [2.75, 3.05) is 0 Å². The fourth-order valence-electron chi connectivity index (χ4n) is 2.69. The molecule has 0 aromatic carbocycles. The third kappa shape index (κ3) is 6.33. The molecule has 0 unspecified atom stereocenters. The Morgan fingerprint density at radius 3 is 2.27 bits per heavy atom. The van der Waals surface area contributed by atoms with Crippen molar-refractivity contribution >= 4 is 0 Å². The molecule has 1 aliphatic carbocycles. The first kappa shape index (κ1) is 18.9. The molecule has 1 aliphatic rings. The van der Waals surface area contributed by atoms with Gasteiger partial charge in [0, 0.05) is 0 Å². The van der Waals surface area contributed by atoms with Gasteiger partial charge in [-0.15, -0.1) is 0 Å². The molecule has 0 radical (unpaired) electrons. The monoisotopic (exact) mass is 304 g/mol. The molecular formula is C20H32O2. The van der Waals surface area contributed by atoms with Crippen LogP contribution in [0, 0.1) is 5.92 Å². The Labute approximate surface area is 135 Å². The van der Waals surface area contributed by atoms with Gasteiger partial charge in [0.2, 0.25) is 0 Å². The maximum absolute atomic E-state index is 10.5. The second kappa shape index (κ2) is 9.12. The van der Waals surface area contributed by atoms with E-state index in [1.807, 2.05) is 6.92 Å². The lowest BCUT2D eigenvalue weighted by molar-refractivity contribution is 0.199. The minimum Gasteiger partial charge on any atom is -0.389 e. The van der Waals surface area contributed by atoms with E-state index in [-0.39, 0.29) is 6.10 Å². The van der Waals surface area contributed by atoms with E-state index in [0.717, 1.165) is 30.4 Å². The van der Waals surface area contributed by atoms with Gasteiger partial charge in [-0.3, -0.25) is 0 Å². The fourth-order valence-corrected chi connectivity index (χ4v) is 2.69. The molecule has 2 atom stereocenters. The highest BCUT2D eigenvalue weighted by atomic mass is 16.3. The summed E-state index contributed by atoms with van der Waals surface area (Å²) in [5.74, 6) is 0.326.